The van der Waals surface area contributed by atoms with Crippen molar-refractivity contribution in [2.75, 3.05) is 52.4 Å². The number of piperazine rings is 2. The van der Waals surface area contributed by atoms with Crippen LogP contribution in [-0.4, -0.2) is 84.9 Å². The molecule has 0 spiro atoms. The number of rotatable bonds is 2. The summed E-state index contributed by atoms with van der Waals surface area (Å²) in [6.45, 7) is 9.71. The summed E-state index contributed by atoms with van der Waals surface area (Å²) in [4.78, 5) is 29.3. The third-order valence-corrected chi connectivity index (χ3v) is 3.89. The minimum atomic E-state index is 0.100. The number of hydrogen-bond donors (Lipinski definition) is 1. The van der Waals surface area contributed by atoms with Gasteiger partial charge in [-0.2, -0.15) is 0 Å². The van der Waals surface area contributed by atoms with Crippen LogP contribution in [0.4, 0.5) is 0 Å². The van der Waals surface area contributed by atoms with E-state index in [1.807, 2.05) is 4.90 Å². The first kappa shape index (κ1) is 14.3. The predicted molar refractivity (Wildman–Crippen MR) is 72.7 cm³/mol. The molecule has 0 bridgehead atoms. The van der Waals surface area contributed by atoms with E-state index in [-0.39, 0.29) is 11.8 Å². The third kappa shape index (κ3) is 3.91. The molecular weight excluding hydrogens is 244 g/mol. The molecule has 0 aromatic carbocycles. The number of amides is 2. The number of nitrogens with zero attached hydrogens (tertiary/aromatic N) is 3. The van der Waals surface area contributed by atoms with Crippen LogP contribution in [0, 0.1) is 0 Å². The Labute approximate surface area is 114 Å². The van der Waals surface area contributed by atoms with Gasteiger partial charge in [-0.1, -0.05) is 0 Å². The highest BCUT2D eigenvalue weighted by molar-refractivity contribution is 5.79. The maximum atomic E-state index is 12.2. The van der Waals surface area contributed by atoms with Crippen LogP contribution in [0.15, 0.2) is 0 Å². The van der Waals surface area contributed by atoms with Gasteiger partial charge in [0.1, 0.15) is 0 Å². The highest BCUT2D eigenvalue weighted by atomic mass is 16.2. The first-order valence-corrected chi connectivity index (χ1v) is 7.05. The first-order chi connectivity index (χ1) is 9.06. The van der Waals surface area contributed by atoms with Gasteiger partial charge in [-0.05, 0) is 6.92 Å². The van der Waals surface area contributed by atoms with Crippen molar-refractivity contribution in [3.8, 4) is 0 Å². The van der Waals surface area contributed by atoms with Crippen LogP contribution in [0.1, 0.15) is 13.8 Å². The summed E-state index contributed by atoms with van der Waals surface area (Å²) >= 11 is 0. The SMILES string of the molecule is CC(=O)N1CCN(C(=O)CN2CCN[C@H](C)C2)CC1. The first-order valence-electron chi connectivity index (χ1n) is 7.05. The molecule has 2 fully saturated rings. The molecule has 6 nitrogen and oxygen atoms in total. The summed E-state index contributed by atoms with van der Waals surface area (Å²) in [5.74, 6) is 0.292. The number of nitrogens with one attached hydrogen (secondary N) is 1. The molecule has 6 heteroatoms. The van der Waals surface area contributed by atoms with Crippen LogP contribution < -0.4 is 5.32 Å². The van der Waals surface area contributed by atoms with Gasteiger partial charge in [0.25, 0.3) is 0 Å². The van der Waals surface area contributed by atoms with Crippen molar-refractivity contribution in [2.24, 2.45) is 0 Å². The Morgan fingerprint density at radius 3 is 2.32 bits per heavy atom. The maximum absolute atomic E-state index is 12.2. The van der Waals surface area contributed by atoms with E-state index in [1.165, 1.54) is 0 Å². The van der Waals surface area contributed by atoms with E-state index in [0.29, 0.717) is 38.8 Å². The lowest BCUT2D eigenvalue weighted by atomic mass is 10.2. The second-order valence-corrected chi connectivity index (χ2v) is 5.48. The van der Waals surface area contributed by atoms with Gasteiger partial charge in [-0.25, -0.2) is 0 Å². The zero-order chi connectivity index (χ0) is 13.8. The molecule has 2 aliphatic rings. The molecule has 2 heterocycles. The fourth-order valence-electron chi connectivity index (χ4n) is 2.72. The predicted octanol–water partition coefficient (Wildman–Crippen LogP) is -1.03. The molecule has 2 amide bonds. The number of carbonyl (C=O) groups excluding carboxylic acids is 2. The summed E-state index contributed by atoms with van der Waals surface area (Å²) in [6, 6.07) is 0.455. The molecule has 2 aliphatic heterocycles. The summed E-state index contributed by atoms with van der Waals surface area (Å²) in [7, 11) is 0. The maximum Gasteiger partial charge on any atom is 0.236 e. The average molecular weight is 268 g/mol. The van der Waals surface area contributed by atoms with E-state index >= 15 is 0 Å². The minimum absolute atomic E-state index is 0.100. The largest absolute Gasteiger partial charge is 0.339 e. The van der Waals surface area contributed by atoms with Crippen LogP contribution in [0.2, 0.25) is 0 Å². The third-order valence-electron chi connectivity index (χ3n) is 3.89. The fraction of sp³-hybridized carbons (Fsp3) is 0.846. The second-order valence-electron chi connectivity index (χ2n) is 5.48. The molecule has 0 unspecified atom stereocenters. The van der Waals surface area contributed by atoms with Crippen molar-refractivity contribution in [1.82, 2.24) is 20.0 Å². The molecule has 19 heavy (non-hydrogen) atoms. The molecule has 1 atom stereocenters. The van der Waals surface area contributed by atoms with Crippen molar-refractivity contribution in [3.63, 3.8) is 0 Å². The second kappa shape index (κ2) is 6.34. The Kier molecular flexibility index (Phi) is 4.76. The topological polar surface area (TPSA) is 55.9 Å². The van der Waals surface area contributed by atoms with Gasteiger partial charge >= 0.3 is 0 Å². The monoisotopic (exact) mass is 268 g/mol. The van der Waals surface area contributed by atoms with Crippen molar-refractivity contribution in [1.29, 1.82) is 0 Å². The molecule has 1 N–H and O–H groups in total. The van der Waals surface area contributed by atoms with Gasteiger partial charge in [0.2, 0.25) is 11.8 Å². The van der Waals surface area contributed by atoms with Gasteiger partial charge < -0.3 is 15.1 Å². The summed E-state index contributed by atoms with van der Waals surface area (Å²) < 4.78 is 0. The van der Waals surface area contributed by atoms with Gasteiger partial charge in [0.15, 0.2) is 0 Å². The molecule has 0 aliphatic carbocycles. The fourth-order valence-corrected chi connectivity index (χ4v) is 2.72. The van der Waals surface area contributed by atoms with Crippen molar-refractivity contribution >= 4 is 11.8 Å². The van der Waals surface area contributed by atoms with Crippen LogP contribution >= 0.6 is 0 Å². The standard InChI is InChI=1S/C13H24N4O2/c1-11-9-15(4-3-14-11)10-13(19)17-7-5-16(6-8-17)12(2)18/h11,14H,3-10H2,1-2H3/t11-/m1/s1. The molecule has 2 saturated heterocycles. The van der Waals surface area contributed by atoms with Gasteiger partial charge in [0, 0.05) is 58.8 Å². The zero-order valence-corrected chi connectivity index (χ0v) is 11.9. The summed E-state index contributed by atoms with van der Waals surface area (Å²) in [6.07, 6.45) is 0. The Hall–Kier alpha value is -1.14. The van der Waals surface area contributed by atoms with Crippen LogP contribution in [0.25, 0.3) is 0 Å². The van der Waals surface area contributed by atoms with E-state index in [0.717, 1.165) is 19.6 Å². The van der Waals surface area contributed by atoms with Gasteiger partial charge in [-0.3, -0.25) is 14.5 Å². The molecular formula is C13H24N4O2. The van der Waals surface area contributed by atoms with E-state index in [4.69, 9.17) is 0 Å². The summed E-state index contributed by atoms with van der Waals surface area (Å²) in [5, 5.41) is 3.37. The van der Waals surface area contributed by atoms with E-state index in [1.54, 1.807) is 11.8 Å². The molecule has 108 valence electrons. The lowest BCUT2D eigenvalue weighted by Gasteiger charge is -2.37. The van der Waals surface area contributed by atoms with E-state index in [9.17, 15) is 9.59 Å². The highest BCUT2D eigenvalue weighted by Crippen LogP contribution is 2.05. The van der Waals surface area contributed by atoms with Crippen LogP contribution in [-0.2, 0) is 9.59 Å². The lowest BCUT2D eigenvalue weighted by molar-refractivity contribution is -0.139. The van der Waals surface area contributed by atoms with Crippen molar-refractivity contribution in [2.45, 2.75) is 19.9 Å². The quantitative estimate of drug-likeness (QED) is 0.696. The van der Waals surface area contributed by atoms with Crippen molar-refractivity contribution < 1.29 is 9.59 Å². The Morgan fingerprint density at radius 1 is 1.11 bits per heavy atom. The molecule has 2 rings (SSSR count). The molecule has 0 saturated carbocycles. The normalized spacial score (nSPS) is 25.5. The van der Waals surface area contributed by atoms with Gasteiger partial charge in [0.05, 0.1) is 6.54 Å². The average Bonchev–Trinajstić information content (AvgIpc) is 2.39. The Morgan fingerprint density at radius 2 is 1.74 bits per heavy atom. The lowest BCUT2D eigenvalue weighted by Crippen LogP contribution is -2.55. The number of hydrogen-bond acceptors (Lipinski definition) is 4. The van der Waals surface area contributed by atoms with E-state index in [2.05, 4.69) is 17.1 Å². The smallest absolute Gasteiger partial charge is 0.236 e. The molecule has 0 radical (unpaired) electrons. The minimum Gasteiger partial charge on any atom is -0.339 e. The zero-order valence-electron chi connectivity index (χ0n) is 11.9. The Bertz CT molecular complexity index is 340. The van der Waals surface area contributed by atoms with Crippen molar-refractivity contribution in [3.05, 3.63) is 0 Å². The Balaban J connectivity index is 1.76. The van der Waals surface area contributed by atoms with Gasteiger partial charge in [-0.15, -0.1) is 0 Å². The van der Waals surface area contributed by atoms with E-state index < -0.39 is 0 Å². The highest BCUT2D eigenvalue weighted by Gasteiger charge is 2.25. The number of carbonyl (C=O) groups is 2. The summed E-state index contributed by atoms with van der Waals surface area (Å²) in [5.41, 5.74) is 0. The van der Waals surface area contributed by atoms with Crippen LogP contribution in [0.3, 0.4) is 0 Å². The molecule has 0 aromatic rings. The molecule has 0 aromatic heterocycles. The van der Waals surface area contributed by atoms with Crippen LogP contribution in [0.5, 0.6) is 0 Å².